The summed E-state index contributed by atoms with van der Waals surface area (Å²) in [6.07, 6.45) is 1.73. The van der Waals surface area contributed by atoms with E-state index in [2.05, 4.69) is 0 Å². The zero-order valence-corrected chi connectivity index (χ0v) is 17.5. The van der Waals surface area contributed by atoms with Gasteiger partial charge in [-0.2, -0.15) is 0 Å². The van der Waals surface area contributed by atoms with Crippen molar-refractivity contribution in [2.45, 2.75) is 6.54 Å². The first-order valence-corrected chi connectivity index (χ1v) is 10.4. The number of amides is 2. The van der Waals surface area contributed by atoms with Crippen molar-refractivity contribution in [3.05, 3.63) is 98.9 Å². The molecule has 29 heavy (non-hydrogen) atoms. The first kappa shape index (κ1) is 19.8. The second-order valence-electron chi connectivity index (χ2n) is 6.46. The third-order valence-electron chi connectivity index (χ3n) is 4.57. The molecule has 0 saturated carbocycles. The molecular weight excluding hydrogens is 425 g/mol. The van der Waals surface area contributed by atoms with Gasteiger partial charge in [-0.15, -0.1) is 0 Å². The summed E-state index contributed by atoms with van der Waals surface area (Å²) in [6, 6.07) is 23.0. The molecule has 4 rings (SSSR count). The first-order valence-electron chi connectivity index (χ1n) is 8.86. The summed E-state index contributed by atoms with van der Waals surface area (Å²) in [5, 5.41) is 0.521. The summed E-state index contributed by atoms with van der Waals surface area (Å²) >= 11 is 13.3. The molecule has 1 fully saturated rings. The molecule has 1 saturated heterocycles. The molecule has 3 aromatic rings. The van der Waals surface area contributed by atoms with Gasteiger partial charge >= 0.3 is 0 Å². The molecular formula is C23H15Cl2NO2S. The maximum atomic E-state index is 12.8. The van der Waals surface area contributed by atoms with Gasteiger partial charge < -0.3 is 0 Å². The van der Waals surface area contributed by atoms with Crippen molar-refractivity contribution in [3.63, 3.8) is 0 Å². The maximum Gasteiger partial charge on any atom is 0.293 e. The van der Waals surface area contributed by atoms with Crippen molar-refractivity contribution in [2.75, 3.05) is 0 Å². The molecule has 0 spiro atoms. The molecule has 0 aliphatic carbocycles. The Morgan fingerprint density at radius 3 is 2.07 bits per heavy atom. The predicted octanol–water partition coefficient (Wildman–Crippen LogP) is 6.90. The molecule has 0 unspecified atom stereocenters. The molecule has 0 aromatic heterocycles. The number of nitrogens with zero attached hydrogens (tertiary/aromatic N) is 1. The van der Waals surface area contributed by atoms with Crippen LogP contribution in [0.1, 0.15) is 11.1 Å². The fourth-order valence-electron chi connectivity index (χ4n) is 3.03. The fraction of sp³-hybridized carbons (Fsp3) is 0.0435. The highest BCUT2D eigenvalue weighted by molar-refractivity contribution is 8.18. The number of hydrogen-bond donors (Lipinski definition) is 0. The molecule has 3 nitrogen and oxygen atoms in total. The average molecular weight is 440 g/mol. The minimum absolute atomic E-state index is 0.0491. The van der Waals surface area contributed by atoms with E-state index in [0.29, 0.717) is 20.5 Å². The molecule has 144 valence electrons. The number of carbonyl (C=O) groups excluding carboxylic acids is 2. The zero-order chi connectivity index (χ0) is 20.4. The predicted molar refractivity (Wildman–Crippen MR) is 120 cm³/mol. The van der Waals surface area contributed by atoms with Crippen LogP contribution < -0.4 is 0 Å². The number of benzene rings is 3. The quantitative estimate of drug-likeness (QED) is 0.414. The van der Waals surface area contributed by atoms with Crippen LogP contribution in [-0.2, 0) is 11.3 Å². The van der Waals surface area contributed by atoms with Crippen molar-refractivity contribution in [3.8, 4) is 11.1 Å². The molecule has 0 atom stereocenters. The lowest BCUT2D eigenvalue weighted by molar-refractivity contribution is -0.123. The van der Waals surface area contributed by atoms with E-state index in [1.165, 1.54) is 4.90 Å². The van der Waals surface area contributed by atoms with Gasteiger partial charge in [-0.3, -0.25) is 14.5 Å². The monoisotopic (exact) mass is 439 g/mol. The molecule has 1 aliphatic heterocycles. The van der Waals surface area contributed by atoms with Gasteiger partial charge in [0.25, 0.3) is 11.1 Å². The zero-order valence-electron chi connectivity index (χ0n) is 15.1. The van der Waals surface area contributed by atoms with E-state index >= 15 is 0 Å². The minimum Gasteiger partial charge on any atom is -0.268 e. The van der Waals surface area contributed by atoms with Crippen molar-refractivity contribution in [2.24, 2.45) is 0 Å². The summed E-state index contributed by atoms with van der Waals surface area (Å²) in [6.45, 7) is 0.0491. The maximum absolute atomic E-state index is 12.8. The number of carbonyl (C=O) groups is 2. The fourth-order valence-corrected chi connectivity index (χ4v) is 4.39. The topological polar surface area (TPSA) is 37.4 Å². The molecule has 0 N–H and O–H groups in total. The Bertz CT molecular complexity index is 1090. The third kappa shape index (κ3) is 4.25. The van der Waals surface area contributed by atoms with Crippen LogP contribution in [0.25, 0.3) is 17.2 Å². The van der Waals surface area contributed by atoms with E-state index in [1.54, 1.807) is 24.3 Å². The Morgan fingerprint density at radius 1 is 0.793 bits per heavy atom. The highest BCUT2D eigenvalue weighted by Crippen LogP contribution is 2.35. The van der Waals surface area contributed by atoms with Gasteiger partial charge in [-0.05, 0) is 46.7 Å². The number of rotatable bonds is 4. The van der Waals surface area contributed by atoms with E-state index in [4.69, 9.17) is 23.2 Å². The van der Waals surface area contributed by atoms with E-state index in [9.17, 15) is 9.59 Å². The van der Waals surface area contributed by atoms with Gasteiger partial charge in [0.15, 0.2) is 0 Å². The average Bonchev–Trinajstić information content (AvgIpc) is 2.99. The number of imide groups is 1. The van der Waals surface area contributed by atoms with Crippen molar-refractivity contribution in [1.82, 2.24) is 4.90 Å². The van der Waals surface area contributed by atoms with Crippen LogP contribution in [0.2, 0.25) is 10.0 Å². The summed E-state index contributed by atoms with van der Waals surface area (Å²) < 4.78 is 0. The Balaban J connectivity index is 1.55. The normalized spacial score (nSPS) is 15.4. The molecule has 1 aliphatic rings. The lowest BCUT2D eigenvalue weighted by Gasteiger charge is -2.14. The number of halogens is 2. The van der Waals surface area contributed by atoms with Gasteiger partial charge in [0.1, 0.15) is 0 Å². The summed E-state index contributed by atoms with van der Waals surface area (Å²) in [4.78, 5) is 26.7. The van der Waals surface area contributed by atoms with Gasteiger partial charge in [-0.1, -0.05) is 83.9 Å². The van der Waals surface area contributed by atoms with Crippen LogP contribution in [0.3, 0.4) is 0 Å². The highest BCUT2D eigenvalue weighted by atomic mass is 35.5. The Morgan fingerprint density at radius 2 is 1.41 bits per heavy atom. The van der Waals surface area contributed by atoms with Crippen LogP contribution >= 0.6 is 35.0 Å². The van der Waals surface area contributed by atoms with Crippen LogP contribution in [0.5, 0.6) is 0 Å². The standard InChI is InChI=1S/C23H15Cl2NO2S/c24-19-7-4-8-20(25)18(19)14-26-22(27)21(29-23(26)28)13-15-9-11-17(12-10-15)16-5-2-1-3-6-16/h1-13H,14H2/b21-13-. The largest absolute Gasteiger partial charge is 0.293 e. The second kappa shape index (κ2) is 8.46. The van der Waals surface area contributed by atoms with E-state index < -0.39 is 0 Å². The summed E-state index contributed by atoms with van der Waals surface area (Å²) in [7, 11) is 0. The number of thioether (sulfide) groups is 1. The highest BCUT2D eigenvalue weighted by Gasteiger charge is 2.35. The molecule has 6 heteroatoms. The first-order chi connectivity index (χ1) is 14.0. The van der Waals surface area contributed by atoms with Gasteiger partial charge in [0.05, 0.1) is 11.4 Å². The van der Waals surface area contributed by atoms with Crippen molar-refractivity contribution in [1.29, 1.82) is 0 Å². The third-order valence-corrected chi connectivity index (χ3v) is 6.18. The van der Waals surface area contributed by atoms with E-state index in [0.717, 1.165) is 28.5 Å². The molecule has 0 bridgehead atoms. The van der Waals surface area contributed by atoms with Crippen molar-refractivity contribution >= 4 is 52.2 Å². The van der Waals surface area contributed by atoms with Crippen LogP contribution in [0.4, 0.5) is 4.79 Å². The van der Waals surface area contributed by atoms with Gasteiger partial charge in [0.2, 0.25) is 0 Å². The Labute approximate surface area is 182 Å². The van der Waals surface area contributed by atoms with E-state index in [1.807, 2.05) is 54.6 Å². The Hall–Kier alpha value is -2.53. The van der Waals surface area contributed by atoms with Gasteiger partial charge in [0, 0.05) is 15.6 Å². The van der Waals surface area contributed by atoms with Crippen LogP contribution in [0, 0.1) is 0 Å². The molecule has 1 heterocycles. The smallest absolute Gasteiger partial charge is 0.268 e. The van der Waals surface area contributed by atoms with Gasteiger partial charge in [-0.25, -0.2) is 0 Å². The summed E-state index contributed by atoms with van der Waals surface area (Å²) in [5.74, 6) is -0.344. The van der Waals surface area contributed by atoms with Crippen molar-refractivity contribution < 1.29 is 9.59 Å². The lowest BCUT2D eigenvalue weighted by atomic mass is 10.0. The second-order valence-corrected chi connectivity index (χ2v) is 8.26. The molecule has 2 amide bonds. The lowest BCUT2D eigenvalue weighted by Crippen LogP contribution is -2.27. The Kier molecular flexibility index (Phi) is 5.76. The minimum atomic E-state index is -0.344. The molecule has 3 aromatic carbocycles. The number of hydrogen-bond acceptors (Lipinski definition) is 3. The summed E-state index contributed by atoms with van der Waals surface area (Å²) in [5.41, 5.74) is 3.62. The SMILES string of the molecule is O=C1S/C(=C\c2ccc(-c3ccccc3)cc2)C(=O)N1Cc1c(Cl)cccc1Cl. The van der Waals surface area contributed by atoms with Crippen LogP contribution in [-0.4, -0.2) is 16.0 Å². The van der Waals surface area contributed by atoms with E-state index in [-0.39, 0.29) is 17.7 Å². The van der Waals surface area contributed by atoms with Crippen LogP contribution in [0.15, 0.2) is 77.7 Å². The molecule has 0 radical (unpaired) electrons.